The fourth-order valence-corrected chi connectivity index (χ4v) is 6.77. The number of nitrogens with zero attached hydrogens (tertiary/aromatic N) is 6. The first-order chi connectivity index (χ1) is 24.7. The van der Waals surface area contributed by atoms with Crippen LogP contribution in [-0.4, -0.2) is 9.13 Å². The van der Waals surface area contributed by atoms with E-state index in [2.05, 4.69) is 128 Å². The topological polar surface area (TPSA) is 42.3 Å². The molecule has 4 aromatic rings. The molecule has 0 amide bonds. The number of aryl methyl sites for hydroxylation is 2. The maximum atomic E-state index is 4.49. The molecule has 2 aromatic carbocycles. The molecule has 2 heterocycles. The Morgan fingerprint density at radius 1 is 0.420 bits per heavy atom. The molecule has 0 aliphatic heterocycles. The fraction of sp³-hybridized carbons (Fsp3) is 0.591. The Morgan fingerprint density at radius 2 is 0.740 bits per heavy atom. The minimum atomic E-state index is 0.866. The molecule has 6 heteroatoms. The Kier molecular flexibility index (Phi) is 19.3. The summed E-state index contributed by atoms with van der Waals surface area (Å²) in [6.45, 7) is 8.52. The lowest BCUT2D eigenvalue weighted by Gasteiger charge is -2.02. The quantitative estimate of drug-likeness (QED) is 0.0325. The van der Waals surface area contributed by atoms with Crippen molar-refractivity contribution in [2.75, 3.05) is 0 Å². The normalized spacial score (nSPS) is 11.6. The van der Waals surface area contributed by atoms with Gasteiger partial charge in [-0.3, -0.25) is 0 Å². The number of unbranched alkanes of at least 4 members (excludes halogenated alkanes) is 18. The largest absolute Gasteiger partial charge is 0.244 e. The summed E-state index contributed by atoms with van der Waals surface area (Å²) in [6, 6.07) is 16.9. The first-order valence-corrected chi connectivity index (χ1v) is 20.4. The van der Waals surface area contributed by atoms with E-state index in [-0.39, 0.29) is 0 Å². The van der Waals surface area contributed by atoms with E-state index >= 15 is 0 Å². The van der Waals surface area contributed by atoms with Crippen LogP contribution in [0, 0.1) is 0 Å². The van der Waals surface area contributed by atoms with Gasteiger partial charge in [-0.05, 0) is 61.1 Å². The minimum absolute atomic E-state index is 0.866. The number of imidazole rings is 2. The van der Waals surface area contributed by atoms with E-state index in [0.717, 1.165) is 37.6 Å². The first-order valence-electron chi connectivity index (χ1n) is 20.4. The number of benzene rings is 2. The SMILES string of the molecule is CCCCCCCCCCCCn1cc[n+](Cc2ccc(N=Nc3ccc(C[n+]4ccn(CCCCCCCCCCCC)c4)cc3)cc2)c1. The molecule has 0 saturated carbocycles. The van der Waals surface area contributed by atoms with Gasteiger partial charge in [0.25, 0.3) is 0 Å². The molecule has 0 radical (unpaired) electrons. The van der Waals surface area contributed by atoms with Gasteiger partial charge in [-0.15, -0.1) is 0 Å². The van der Waals surface area contributed by atoms with Crippen LogP contribution in [0.4, 0.5) is 11.4 Å². The van der Waals surface area contributed by atoms with Crippen LogP contribution in [0.1, 0.15) is 153 Å². The molecule has 0 atom stereocenters. The van der Waals surface area contributed by atoms with Crippen molar-refractivity contribution in [3.05, 3.63) is 97.1 Å². The molecule has 0 N–H and O–H groups in total. The molecule has 0 saturated heterocycles. The van der Waals surface area contributed by atoms with Crippen molar-refractivity contribution >= 4 is 11.4 Å². The van der Waals surface area contributed by atoms with Gasteiger partial charge in [0.15, 0.2) is 0 Å². The molecule has 0 spiro atoms. The van der Waals surface area contributed by atoms with E-state index in [0.29, 0.717) is 0 Å². The van der Waals surface area contributed by atoms with Crippen molar-refractivity contribution in [1.29, 1.82) is 0 Å². The summed E-state index contributed by atoms with van der Waals surface area (Å²) in [5, 5.41) is 8.99. The van der Waals surface area contributed by atoms with E-state index in [1.165, 1.54) is 140 Å². The van der Waals surface area contributed by atoms with E-state index < -0.39 is 0 Å². The van der Waals surface area contributed by atoms with E-state index in [1.54, 1.807) is 0 Å². The maximum Gasteiger partial charge on any atom is 0.244 e. The van der Waals surface area contributed by atoms with Crippen LogP contribution in [-0.2, 0) is 26.2 Å². The molecule has 0 aliphatic rings. The standard InChI is InChI=1S/C44H68N6/c1-3-5-7-9-11-13-15-17-19-21-31-47-33-35-49(39-47)37-41-23-27-43(28-24-41)45-46-44-29-25-42(26-30-44)38-50-36-34-48(40-50)32-22-20-18-16-14-12-10-8-6-4-2/h23-30,33-36,39-40H,3-22,31-32,37-38H2,1-2H3/q+2. The smallest absolute Gasteiger partial charge is 0.237 e. The molecule has 2 aromatic heterocycles. The van der Waals surface area contributed by atoms with E-state index in [4.69, 9.17) is 0 Å². The van der Waals surface area contributed by atoms with Crippen molar-refractivity contribution < 1.29 is 9.13 Å². The zero-order chi connectivity index (χ0) is 34.9. The molecule has 0 bridgehead atoms. The number of hydrogen-bond acceptors (Lipinski definition) is 2. The van der Waals surface area contributed by atoms with Gasteiger partial charge >= 0.3 is 0 Å². The van der Waals surface area contributed by atoms with Crippen LogP contribution in [0.15, 0.2) is 96.2 Å². The maximum absolute atomic E-state index is 4.49. The van der Waals surface area contributed by atoms with Crippen molar-refractivity contribution in [2.45, 2.75) is 168 Å². The Labute approximate surface area is 304 Å². The van der Waals surface area contributed by atoms with Crippen LogP contribution in [0.3, 0.4) is 0 Å². The average molecular weight is 681 g/mol. The molecular formula is C44H68N6+2. The van der Waals surface area contributed by atoms with Crippen molar-refractivity contribution in [3.63, 3.8) is 0 Å². The third kappa shape index (κ3) is 16.4. The second-order valence-electron chi connectivity index (χ2n) is 14.5. The zero-order valence-electron chi connectivity index (χ0n) is 31.7. The molecular weight excluding hydrogens is 613 g/mol. The van der Waals surface area contributed by atoms with Crippen molar-refractivity contribution in [2.24, 2.45) is 10.2 Å². The van der Waals surface area contributed by atoms with Gasteiger partial charge in [-0.25, -0.2) is 18.3 Å². The molecule has 0 unspecified atom stereocenters. The Hall–Kier alpha value is -3.54. The third-order valence-corrected chi connectivity index (χ3v) is 9.92. The van der Waals surface area contributed by atoms with Crippen LogP contribution in [0.2, 0.25) is 0 Å². The summed E-state index contributed by atoms with van der Waals surface area (Å²) < 4.78 is 9.18. The predicted octanol–water partition coefficient (Wildman–Crippen LogP) is 12.2. The highest BCUT2D eigenvalue weighted by Crippen LogP contribution is 2.20. The number of rotatable bonds is 28. The summed E-state index contributed by atoms with van der Waals surface area (Å²) in [7, 11) is 0. The highest BCUT2D eigenvalue weighted by atomic mass is 15.1. The van der Waals surface area contributed by atoms with E-state index in [9.17, 15) is 0 Å². The summed E-state index contributed by atoms with van der Waals surface area (Å²) in [5.41, 5.74) is 4.29. The Morgan fingerprint density at radius 3 is 1.08 bits per heavy atom. The lowest BCUT2D eigenvalue weighted by atomic mass is 10.1. The second kappa shape index (κ2) is 24.6. The van der Waals surface area contributed by atoms with Crippen molar-refractivity contribution in [3.8, 4) is 0 Å². The highest BCUT2D eigenvalue weighted by Gasteiger charge is 2.07. The number of azo groups is 1. The Bertz CT molecular complexity index is 1320. The van der Waals surface area contributed by atoms with Gasteiger partial charge in [0.05, 0.1) is 24.5 Å². The summed E-state index contributed by atoms with van der Waals surface area (Å²) >= 11 is 0. The van der Waals surface area contributed by atoms with Gasteiger partial charge < -0.3 is 0 Å². The molecule has 0 aliphatic carbocycles. The summed E-state index contributed by atoms with van der Waals surface area (Å²) in [6.07, 6.45) is 40.8. The van der Waals surface area contributed by atoms with Gasteiger partial charge in [0, 0.05) is 0 Å². The lowest BCUT2D eigenvalue weighted by molar-refractivity contribution is -0.688. The first kappa shape index (κ1) is 39.2. The van der Waals surface area contributed by atoms with Gasteiger partial charge in [0.2, 0.25) is 12.7 Å². The fourth-order valence-electron chi connectivity index (χ4n) is 6.77. The Balaban J connectivity index is 1.08. The monoisotopic (exact) mass is 681 g/mol. The van der Waals surface area contributed by atoms with Gasteiger partial charge in [0.1, 0.15) is 37.9 Å². The number of aromatic nitrogens is 4. The van der Waals surface area contributed by atoms with Crippen LogP contribution in [0.5, 0.6) is 0 Å². The molecule has 50 heavy (non-hydrogen) atoms. The second-order valence-corrected chi connectivity index (χ2v) is 14.5. The number of hydrogen-bond donors (Lipinski definition) is 0. The van der Waals surface area contributed by atoms with Crippen molar-refractivity contribution in [1.82, 2.24) is 9.13 Å². The minimum Gasteiger partial charge on any atom is -0.237 e. The van der Waals surface area contributed by atoms with Gasteiger partial charge in [-0.1, -0.05) is 141 Å². The van der Waals surface area contributed by atoms with Gasteiger partial charge in [-0.2, -0.15) is 10.2 Å². The summed E-state index contributed by atoms with van der Waals surface area (Å²) in [4.78, 5) is 0. The molecule has 272 valence electrons. The molecule has 4 rings (SSSR count). The van der Waals surface area contributed by atoms with Crippen LogP contribution in [0.25, 0.3) is 0 Å². The predicted molar refractivity (Wildman–Crippen MR) is 208 cm³/mol. The zero-order valence-corrected chi connectivity index (χ0v) is 31.7. The van der Waals surface area contributed by atoms with E-state index in [1.807, 2.05) is 0 Å². The average Bonchev–Trinajstić information content (AvgIpc) is 3.79. The lowest BCUT2D eigenvalue weighted by Crippen LogP contribution is -2.31. The molecule has 6 nitrogen and oxygen atoms in total. The molecule has 0 fully saturated rings. The van der Waals surface area contributed by atoms with Crippen LogP contribution >= 0.6 is 0 Å². The van der Waals surface area contributed by atoms with Crippen LogP contribution < -0.4 is 9.13 Å². The summed E-state index contributed by atoms with van der Waals surface area (Å²) in [5.74, 6) is 0. The highest BCUT2D eigenvalue weighted by molar-refractivity contribution is 5.41. The third-order valence-electron chi connectivity index (χ3n) is 9.92.